The summed E-state index contributed by atoms with van der Waals surface area (Å²) in [6.45, 7) is 1.57. The summed E-state index contributed by atoms with van der Waals surface area (Å²) >= 11 is 11.7. The lowest BCUT2D eigenvalue weighted by Gasteiger charge is -2.08. The average Bonchev–Trinajstić information content (AvgIpc) is 2.41. The number of nitrogens with one attached hydrogen (secondary N) is 1. The summed E-state index contributed by atoms with van der Waals surface area (Å²) in [7, 11) is 0. The Kier molecular flexibility index (Phi) is 4.45. The lowest BCUT2D eigenvalue weighted by atomic mass is 10.1. The average molecular weight is 325 g/mol. The highest BCUT2D eigenvalue weighted by Crippen LogP contribution is 2.28. The predicted molar refractivity (Wildman–Crippen MR) is 82.2 cm³/mol. The smallest absolute Gasteiger partial charge is 0.285 e. The minimum absolute atomic E-state index is 0.0222. The number of nitrogens with zero attached hydrogens (tertiary/aromatic N) is 1. The molecule has 2 aromatic rings. The van der Waals surface area contributed by atoms with Gasteiger partial charge in [-0.1, -0.05) is 35.3 Å². The summed E-state index contributed by atoms with van der Waals surface area (Å²) < 4.78 is 0. The molecular weight excluding hydrogens is 315 g/mol. The zero-order valence-electron chi connectivity index (χ0n) is 10.9. The van der Waals surface area contributed by atoms with E-state index in [4.69, 9.17) is 23.2 Å². The molecule has 5 nitrogen and oxygen atoms in total. The van der Waals surface area contributed by atoms with E-state index >= 15 is 0 Å². The van der Waals surface area contributed by atoms with Crippen molar-refractivity contribution in [3.05, 3.63) is 67.7 Å². The largest absolute Gasteiger partial charge is 0.320 e. The molecule has 0 atom stereocenters. The van der Waals surface area contributed by atoms with Crippen LogP contribution in [-0.2, 0) is 0 Å². The van der Waals surface area contributed by atoms with E-state index < -0.39 is 10.8 Å². The molecule has 0 unspecified atom stereocenters. The lowest BCUT2D eigenvalue weighted by molar-refractivity contribution is -0.385. The monoisotopic (exact) mass is 324 g/mol. The summed E-state index contributed by atoms with van der Waals surface area (Å²) in [5.41, 5.74) is 0.503. The van der Waals surface area contributed by atoms with Gasteiger partial charge in [0, 0.05) is 10.6 Å². The van der Waals surface area contributed by atoms with Crippen molar-refractivity contribution in [1.82, 2.24) is 0 Å². The number of hydrogen-bond donors (Lipinski definition) is 1. The summed E-state index contributed by atoms with van der Waals surface area (Å²) in [5, 5.41) is 14.3. The molecule has 0 aliphatic carbocycles. The van der Waals surface area contributed by atoms with Crippen molar-refractivity contribution in [2.75, 3.05) is 5.32 Å². The third-order valence-electron chi connectivity index (χ3n) is 2.84. The molecule has 0 aromatic heterocycles. The molecule has 0 heterocycles. The van der Waals surface area contributed by atoms with E-state index in [1.54, 1.807) is 25.1 Å². The normalized spacial score (nSPS) is 10.2. The Morgan fingerprint density at radius 1 is 1.24 bits per heavy atom. The van der Waals surface area contributed by atoms with Crippen molar-refractivity contribution in [2.45, 2.75) is 6.92 Å². The van der Waals surface area contributed by atoms with Crippen molar-refractivity contribution in [2.24, 2.45) is 0 Å². The molecule has 21 heavy (non-hydrogen) atoms. The Hall–Kier alpha value is -2.11. The molecule has 0 saturated heterocycles. The number of rotatable bonds is 3. The number of hydrogen-bond acceptors (Lipinski definition) is 3. The quantitative estimate of drug-likeness (QED) is 0.669. The highest BCUT2D eigenvalue weighted by molar-refractivity contribution is 6.36. The second-order valence-corrected chi connectivity index (χ2v) is 5.15. The van der Waals surface area contributed by atoms with Gasteiger partial charge in [0.15, 0.2) is 0 Å². The van der Waals surface area contributed by atoms with E-state index in [1.165, 1.54) is 18.2 Å². The van der Waals surface area contributed by atoms with Crippen LogP contribution in [0, 0.1) is 17.0 Å². The maximum atomic E-state index is 12.2. The van der Waals surface area contributed by atoms with E-state index in [0.29, 0.717) is 16.3 Å². The van der Waals surface area contributed by atoms with Crippen LogP contribution in [-0.4, -0.2) is 10.8 Å². The number of para-hydroxylation sites is 1. The van der Waals surface area contributed by atoms with Gasteiger partial charge in [-0.2, -0.15) is 0 Å². The predicted octanol–water partition coefficient (Wildman–Crippen LogP) is 4.46. The molecular formula is C14H10Cl2N2O3. The van der Waals surface area contributed by atoms with Crippen molar-refractivity contribution in [3.8, 4) is 0 Å². The Bertz CT molecular complexity index is 732. The Balaban J connectivity index is 2.37. The molecule has 1 amide bonds. The van der Waals surface area contributed by atoms with Crippen molar-refractivity contribution < 1.29 is 9.72 Å². The molecule has 7 heteroatoms. The molecule has 0 saturated carbocycles. The third kappa shape index (κ3) is 3.32. The van der Waals surface area contributed by atoms with Crippen LogP contribution in [0.2, 0.25) is 10.0 Å². The maximum Gasteiger partial charge on any atom is 0.285 e. The van der Waals surface area contributed by atoms with Crippen LogP contribution in [0.1, 0.15) is 15.9 Å². The molecule has 0 aliphatic rings. The van der Waals surface area contributed by atoms with E-state index in [-0.39, 0.29) is 16.3 Å². The second kappa shape index (κ2) is 6.11. The van der Waals surface area contributed by atoms with Gasteiger partial charge in [0.1, 0.15) is 5.56 Å². The molecule has 0 fully saturated rings. The highest BCUT2D eigenvalue weighted by atomic mass is 35.5. The van der Waals surface area contributed by atoms with Gasteiger partial charge in [-0.25, -0.2) is 0 Å². The first kappa shape index (κ1) is 15.3. The lowest BCUT2D eigenvalue weighted by Crippen LogP contribution is -2.14. The van der Waals surface area contributed by atoms with Crippen LogP contribution in [0.3, 0.4) is 0 Å². The zero-order valence-corrected chi connectivity index (χ0v) is 12.4. The fourth-order valence-electron chi connectivity index (χ4n) is 1.87. The maximum absolute atomic E-state index is 12.2. The molecule has 2 aromatic carbocycles. The molecule has 0 bridgehead atoms. The second-order valence-electron chi connectivity index (χ2n) is 4.31. The van der Waals surface area contributed by atoms with Crippen LogP contribution in [0.25, 0.3) is 0 Å². The van der Waals surface area contributed by atoms with Crippen LogP contribution in [0.4, 0.5) is 11.4 Å². The Morgan fingerprint density at radius 2 is 1.95 bits per heavy atom. The van der Waals surface area contributed by atoms with Crippen LogP contribution < -0.4 is 5.32 Å². The first-order valence-electron chi connectivity index (χ1n) is 5.90. The number of halogens is 2. The van der Waals surface area contributed by atoms with E-state index in [0.717, 1.165) is 0 Å². The number of nitro groups is 1. The summed E-state index contributed by atoms with van der Waals surface area (Å²) in [6, 6.07) is 9.12. The number of aryl methyl sites for hydroxylation is 1. The van der Waals surface area contributed by atoms with E-state index in [9.17, 15) is 14.9 Å². The molecule has 1 N–H and O–H groups in total. The fourth-order valence-corrected chi connectivity index (χ4v) is 2.32. The van der Waals surface area contributed by atoms with Crippen LogP contribution in [0.15, 0.2) is 36.4 Å². The van der Waals surface area contributed by atoms with Gasteiger partial charge in [-0.15, -0.1) is 0 Å². The standard InChI is InChI=1S/C14H10Cl2N2O3/c1-8-3-2-4-10(13(8)18(20)21)14(19)17-12-6-5-9(15)7-11(12)16/h2-7H,1H3,(H,17,19). The number of amides is 1. The number of carbonyl (C=O) groups excluding carboxylic acids is 1. The van der Waals surface area contributed by atoms with Gasteiger partial charge < -0.3 is 5.32 Å². The highest BCUT2D eigenvalue weighted by Gasteiger charge is 2.22. The number of nitro benzene ring substituents is 1. The van der Waals surface area contributed by atoms with E-state index in [2.05, 4.69) is 5.32 Å². The zero-order chi connectivity index (χ0) is 15.6. The van der Waals surface area contributed by atoms with Gasteiger partial charge in [-0.3, -0.25) is 14.9 Å². The summed E-state index contributed by atoms with van der Waals surface area (Å²) in [4.78, 5) is 22.7. The molecule has 0 spiro atoms. The molecule has 2 rings (SSSR count). The first-order chi connectivity index (χ1) is 9.90. The summed E-state index contributed by atoms with van der Waals surface area (Å²) in [6.07, 6.45) is 0. The topological polar surface area (TPSA) is 72.2 Å². The Morgan fingerprint density at radius 3 is 2.57 bits per heavy atom. The molecule has 0 radical (unpaired) electrons. The Labute approximate surface area is 130 Å². The first-order valence-corrected chi connectivity index (χ1v) is 6.66. The van der Waals surface area contributed by atoms with Crippen molar-refractivity contribution in [3.63, 3.8) is 0 Å². The van der Waals surface area contributed by atoms with Gasteiger partial charge in [0.25, 0.3) is 11.6 Å². The van der Waals surface area contributed by atoms with Gasteiger partial charge in [0.05, 0.1) is 15.6 Å². The van der Waals surface area contributed by atoms with Gasteiger partial charge >= 0.3 is 0 Å². The van der Waals surface area contributed by atoms with Crippen molar-refractivity contribution in [1.29, 1.82) is 0 Å². The third-order valence-corrected chi connectivity index (χ3v) is 3.39. The van der Waals surface area contributed by atoms with Crippen molar-refractivity contribution >= 4 is 40.5 Å². The van der Waals surface area contributed by atoms with Gasteiger partial charge in [0.2, 0.25) is 0 Å². The molecule has 0 aliphatic heterocycles. The van der Waals surface area contributed by atoms with E-state index in [1.807, 2.05) is 0 Å². The summed E-state index contributed by atoms with van der Waals surface area (Å²) in [5.74, 6) is -0.602. The number of benzene rings is 2. The van der Waals surface area contributed by atoms with Crippen LogP contribution >= 0.6 is 23.2 Å². The minimum Gasteiger partial charge on any atom is -0.320 e. The minimum atomic E-state index is -0.602. The van der Waals surface area contributed by atoms with Gasteiger partial charge in [-0.05, 0) is 31.2 Å². The number of carbonyl (C=O) groups is 1. The van der Waals surface area contributed by atoms with Crippen LogP contribution in [0.5, 0.6) is 0 Å². The fraction of sp³-hybridized carbons (Fsp3) is 0.0714. The SMILES string of the molecule is Cc1cccc(C(=O)Nc2ccc(Cl)cc2Cl)c1[N+](=O)[O-]. The molecule has 108 valence electrons. The number of anilines is 1.